The van der Waals surface area contributed by atoms with Crippen LogP contribution in [0.15, 0.2) is 218 Å². The Bertz CT molecular complexity index is 3550. The molecule has 0 atom stereocenters. The first-order valence-electron chi connectivity index (χ1n) is 21.8. The summed E-state index contributed by atoms with van der Waals surface area (Å²) in [5.74, 6) is 0.697. The standard InChI is InChI=1S/C61H42N2/c1-61(2)55-19-11-10-18-51(55)52-34-33-47(37-56(52)61)41-20-24-43(25-21-41)57-38-58(63-60(62-57)46-30-22-40(23-31-46)39-12-4-3-5-13-39)44-26-28-45(29-27-44)59-50-17-9-7-15-48(50)36-54-49-16-8-6-14-42(49)32-35-53(54)59/h3-38H,1-2H3. The fraction of sp³-hybridized carbons (Fsp3) is 0.0492. The highest BCUT2D eigenvalue weighted by Gasteiger charge is 2.35. The number of nitrogens with zero attached hydrogens (tertiary/aromatic N) is 2. The predicted molar refractivity (Wildman–Crippen MR) is 265 cm³/mol. The molecule has 2 heteroatoms. The Morgan fingerprint density at radius 3 is 1.56 bits per heavy atom. The maximum atomic E-state index is 5.26. The first-order valence-corrected chi connectivity index (χ1v) is 21.8. The Balaban J connectivity index is 0.945. The molecule has 2 nitrogen and oxygen atoms in total. The van der Waals surface area contributed by atoms with Gasteiger partial charge in [-0.15, -0.1) is 0 Å². The molecule has 1 aliphatic carbocycles. The van der Waals surface area contributed by atoms with Crippen LogP contribution in [-0.2, 0) is 5.41 Å². The van der Waals surface area contributed by atoms with E-state index in [0.29, 0.717) is 5.82 Å². The fourth-order valence-electron chi connectivity index (χ4n) is 9.97. The summed E-state index contributed by atoms with van der Waals surface area (Å²) in [7, 11) is 0. The van der Waals surface area contributed by atoms with Gasteiger partial charge in [0.05, 0.1) is 11.4 Å². The highest BCUT2D eigenvalue weighted by molar-refractivity contribution is 6.20. The van der Waals surface area contributed by atoms with Gasteiger partial charge in [0.25, 0.3) is 0 Å². The molecule has 1 heterocycles. The molecule has 1 aromatic heterocycles. The molecule has 0 spiro atoms. The minimum Gasteiger partial charge on any atom is -0.228 e. The van der Waals surface area contributed by atoms with Crippen molar-refractivity contribution in [2.45, 2.75) is 19.3 Å². The van der Waals surface area contributed by atoms with Crippen molar-refractivity contribution in [2.75, 3.05) is 0 Å². The van der Waals surface area contributed by atoms with Gasteiger partial charge in [0.15, 0.2) is 5.82 Å². The zero-order chi connectivity index (χ0) is 42.1. The lowest BCUT2D eigenvalue weighted by Crippen LogP contribution is -2.14. The molecule has 0 saturated carbocycles. The SMILES string of the molecule is CC1(C)c2ccccc2-c2ccc(-c3ccc(-c4cc(-c5ccc(-c6c7ccccc7cc7c6ccc6ccccc67)cc5)nc(-c5ccc(-c6ccccc6)cc5)n4)cc3)cc21. The average Bonchev–Trinajstić information content (AvgIpc) is 3.58. The third-order valence-corrected chi connectivity index (χ3v) is 13.3. The van der Waals surface area contributed by atoms with Gasteiger partial charge in [0.2, 0.25) is 0 Å². The highest BCUT2D eigenvalue weighted by atomic mass is 14.9. The summed E-state index contributed by atoms with van der Waals surface area (Å²) in [5.41, 5.74) is 17.4. The Labute approximate surface area is 367 Å². The molecule has 12 rings (SSSR count). The minimum atomic E-state index is -0.0509. The zero-order valence-corrected chi connectivity index (χ0v) is 35.2. The van der Waals surface area contributed by atoms with Crippen LogP contribution in [0.2, 0.25) is 0 Å². The first kappa shape index (κ1) is 36.9. The molecule has 296 valence electrons. The maximum Gasteiger partial charge on any atom is 0.160 e. The highest BCUT2D eigenvalue weighted by Crippen LogP contribution is 2.49. The molecule has 1 aliphatic rings. The molecule has 0 bridgehead atoms. The first-order chi connectivity index (χ1) is 31.0. The van der Waals surface area contributed by atoms with E-state index in [1.807, 2.05) is 0 Å². The smallest absolute Gasteiger partial charge is 0.160 e. The van der Waals surface area contributed by atoms with Gasteiger partial charge in [-0.1, -0.05) is 214 Å². The van der Waals surface area contributed by atoms with Crippen molar-refractivity contribution in [3.8, 4) is 78.4 Å². The normalized spacial score (nSPS) is 12.7. The zero-order valence-electron chi connectivity index (χ0n) is 35.2. The van der Waals surface area contributed by atoms with Crippen molar-refractivity contribution in [2.24, 2.45) is 0 Å². The number of benzene rings is 10. The van der Waals surface area contributed by atoms with Gasteiger partial charge in [-0.25, -0.2) is 9.97 Å². The molecule has 11 aromatic rings. The summed E-state index contributed by atoms with van der Waals surface area (Å²) in [6.45, 7) is 4.68. The third-order valence-electron chi connectivity index (χ3n) is 13.3. The molecule has 0 radical (unpaired) electrons. The topological polar surface area (TPSA) is 25.8 Å². The van der Waals surface area contributed by atoms with Crippen LogP contribution in [0.25, 0.3) is 111 Å². The van der Waals surface area contributed by atoms with E-state index < -0.39 is 0 Å². The number of rotatable bonds is 6. The average molecular weight is 803 g/mol. The summed E-state index contributed by atoms with van der Waals surface area (Å²) in [5, 5.41) is 7.52. The van der Waals surface area contributed by atoms with Crippen LogP contribution >= 0.6 is 0 Å². The van der Waals surface area contributed by atoms with E-state index in [-0.39, 0.29) is 5.41 Å². The van der Waals surface area contributed by atoms with Crippen LogP contribution < -0.4 is 0 Å². The van der Waals surface area contributed by atoms with Crippen molar-refractivity contribution in [3.05, 3.63) is 230 Å². The molecule has 0 fully saturated rings. The van der Waals surface area contributed by atoms with Crippen LogP contribution in [0.3, 0.4) is 0 Å². The summed E-state index contributed by atoms with van der Waals surface area (Å²) < 4.78 is 0. The van der Waals surface area contributed by atoms with Gasteiger partial charge in [-0.05, 0) is 106 Å². The van der Waals surface area contributed by atoms with E-state index in [1.165, 1.54) is 82.4 Å². The van der Waals surface area contributed by atoms with Crippen molar-refractivity contribution in [1.29, 1.82) is 0 Å². The van der Waals surface area contributed by atoms with E-state index in [0.717, 1.165) is 33.6 Å². The van der Waals surface area contributed by atoms with E-state index in [1.54, 1.807) is 0 Å². The third kappa shape index (κ3) is 6.25. The van der Waals surface area contributed by atoms with Gasteiger partial charge < -0.3 is 0 Å². The Morgan fingerprint density at radius 1 is 0.302 bits per heavy atom. The van der Waals surface area contributed by atoms with Gasteiger partial charge in [0.1, 0.15) is 0 Å². The van der Waals surface area contributed by atoms with Crippen molar-refractivity contribution >= 4 is 32.3 Å². The van der Waals surface area contributed by atoms with E-state index in [4.69, 9.17) is 9.97 Å². The molecule has 0 saturated heterocycles. The minimum absolute atomic E-state index is 0.0509. The molecule has 63 heavy (non-hydrogen) atoms. The summed E-state index contributed by atoms with van der Waals surface area (Å²) in [6.07, 6.45) is 0. The second-order valence-electron chi connectivity index (χ2n) is 17.3. The maximum absolute atomic E-state index is 5.26. The second kappa shape index (κ2) is 14.6. The van der Waals surface area contributed by atoms with E-state index in [2.05, 4.69) is 232 Å². The van der Waals surface area contributed by atoms with Crippen molar-refractivity contribution in [3.63, 3.8) is 0 Å². The fourth-order valence-corrected chi connectivity index (χ4v) is 9.97. The summed E-state index contributed by atoms with van der Waals surface area (Å²) in [4.78, 5) is 10.5. The molecule has 10 aromatic carbocycles. The lowest BCUT2D eigenvalue weighted by Gasteiger charge is -2.22. The van der Waals surface area contributed by atoms with Crippen molar-refractivity contribution < 1.29 is 0 Å². The summed E-state index contributed by atoms with van der Waals surface area (Å²) >= 11 is 0. The van der Waals surface area contributed by atoms with Crippen LogP contribution in [-0.4, -0.2) is 9.97 Å². The number of fused-ring (bicyclic) bond motifs is 7. The monoisotopic (exact) mass is 802 g/mol. The predicted octanol–water partition coefficient (Wildman–Crippen LogP) is 16.2. The van der Waals surface area contributed by atoms with Crippen LogP contribution in [0.1, 0.15) is 25.0 Å². The van der Waals surface area contributed by atoms with Gasteiger partial charge in [-0.2, -0.15) is 0 Å². The second-order valence-corrected chi connectivity index (χ2v) is 17.3. The van der Waals surface area contributed by atoms with Crippen LogP contribution in [0.4, 0.5) is 0 Å². The van der Waals surface area contributed by atoms with Crippen LogP contribution in [0, 0.1) is 0 Å². The van der Waals surface area contributed by atoms with Gasteiger partial charge in [-0.3, -0.25) is 0 Å². The number of hydrogen-bond acceptors (Lipinski definition) is 2. The molecular weight excluding hydrogens is 761 g/mol. The summed E-state index contributed by atoms with van der Waals surface area (Å²) in [6, 6.07) is 79.1. The quantitative estimate of drug-likeness (QED) is 0.124. The van der Waals surface area contributed by atoms with Gasteiger partial charge in [0, 0.05) is 22.1 Å². The lowest BCUT2D eigenvalue weighted by atomic mass is 9.81. The molecule has 0 amide bonds. The molecular formula is C61H42N2. The van der Waals surface area contributed by atoms with Crippen molar-refractivity contribution in [1.82, 2.24) is 9.97 Å². The largest absolute Gasteiger partial charge is 0.228 e. The van der Waals surface area contributed by atoms with Crippen LogP contribution in [0.5, 0.6) is 0 Å². The lowest BCUT2D eigenvalue weighted by molar-refractivity contribution is 0.660. The van der Waals surface area contributed by atoms with Gasteiger partial charge >= 0.3 is 0 Å². The molecule has 0 aliphatic heterocycles. The number of hydrogen-bond donors (Lipinski definition) is 0. The Morgan fingerprint density at radius 2 is 0.825 bits per heavy atom. The number of aromatic nitrogens is 2. The van der Waals surface area contributed by atoms with E-state index >= 15 is 0 Å². The molecule has 0 N–H and O–H groups in total. The Hall–Kier alpha value is -7.94. The molecule has 0 unspecified atom stereocenters. The Kier molecular flexibility index (Phi) is 8.55. The van der Waals surface area contributed by atoms with E-state index in [9.17, 15) is 0 Å².